The van der Waals surface area contributed by atoms with E-state index in [-0.39, 0.29) is 17.2 Å². The Labute approximate surface area is 168 Å². The van der Waals surface area contributed by atoms with Crippen LogP contribution in [0.4, 0.5) is 0 Å². The van der Waals surface area contributed by atoms with Crippen LogP contribution in [0.15, 0.2) is 53.3 Å². The van der Waals surface area contributed by atoms with Crippen LogP contribution in [0.2, 0.25) is 0 Å². The third-order valence-electron chi connectivity index (χ3n) is 5.08. The number of carbonyl (C=O) groups is 1. The van der Waals surface area contributed by atoms with Crippen LogP contribution < -0.4 is 15.5 Å². The maximum Gasteiger partial charge on any atom is 0.275 e. The molecule has 3 aromatic rings. The number of ether oxygens (including phenoxy) is 2. The van der Waals surface area contributed by atoms with E-state index in [4.69, 9.17) is 9.47 Å². The lowest BCUT2D eigenvalue weighted by molar-refractivity contribution is 0.0851. The molecule has 1 saturated heterocycles. The molecule has 1 atom stereocenters. The SMILES string of the molecule is COc1ccc(Cn2nc(C(=O)NCC3CCCO3)c(=O)c3ccccc32)cc1. The van der Waals surface area contributed by atoms with Crippen molar-refractivity contribution in [3.05, 3.63) is 70.0 Å². The Morgan fingerprint density at radius 2 is 2.03 bits per heavy atom. The van der Waals surface area contributed by atoms with Gasteiger partial charge in [0.1, 0.15) is 5.75 Å². The summed E-state index contributed by atoms with van der Waals surface area (Å²) in [6.45, 7) is 1.52. The quantitative estimate of drug-likeness (QED) is 0.695. The Balaban J connectivity index is 1.66. The van der Waals surface area contributed by atoms with Crippen LogP contribution in [0.3, 0.4) is 0 Å². The molecule has 0 saturated carbocycles. The second-order valence-electron chi connectivity index (χ2n) is 7.05. The summed E-state index contributed by atoms with van der Waals surface area (Å²) < 4.78 is 12.4. The summed E-state index contributed by atoms with van der Waals surface area (Å²) in [4.78, 5) is 25.6. The Morgan fingerprint density at radius 3 is 2.76 bits per heavy atom. The van der Waals surface area contributed by atoms with Gasteiger partial charge in [0, 0.05) is 18.5 Å². The predicted molar refractivity (Wildman–Crippen MR) is 109 cm³/mol. The molecule has 1 aliphatic rings. The van der Waals surface area contributed by atoms with Gasteiger partial charge in [-0.15, -0.1) is 0 Å². The van der Waals surface area contributed by atoms with Gasteiger partial charge in [-0.3, -0.25) is 14.3 Å². The summed E-state index contributed by atoms with van der Waals surface area (Å²) in [6.07, 6.45) is 1.90. The smallest absolute Gasteiger partial charge is 0.275 e. The predicted octanol–water partition coefficient (Wildman–Crippen LogP) is 2.36. The van der Waals surface area contributed by atoms with E-state index < -0.39 is 5.91 Å². The highest BCUT2D eigenvalue weighted by molar-refractivity contribution is 5.95. The van der Waals surface area contributed by atoms with E-state index in [1.165, 1.54) is 0 Å². The van der Waals surface area contributed by atoms with Crippen molar-refractivity contribution in [3.63, 3.8) is 0 Å². The first kappa shape index (κ1) is 19.1. The Kier molecular flexibility index (Phi) is 5.57. The number of amides is 1. The second kappa shape index (κ2) is 8.45. The van der Waals surface area contributed by atoms with Crippen LogP contribution in [-0.4, -0.2) is 42.1 Å². The fourth-order valence-electron chi connectivity index (χ4n) is 3.51. The molecule has 0 radical (unpaired) electrons. The summed E-state index contributed by atoms with van der Waals surface area (Å²) in [5.74, 6) is 0.292. The molecule has 1 unspecified atom stereocenters. The third-order valence-corrected chi connectivity index (χ3v) is 5.08. The maximum absolute atomic E-state index is 12.9. The Hall–Kier alpha value is -3.19. The lowest BCUT2D eigenvalue weighted by atomic mass is 10.1. The molecule has 150 valence electrons. The number of carbonyl (C=O) groups excluding carboxylic acids is 1. The molecule has 0 spiro atoms. The summed E-state index contributed by atoms with van der Waals surface area (Å²) in [5.41, 5.74) is 1.20. The summed E-state index contributed by atoms with van der Waals surface area (Å²) in [5, 5.41) is 7.67. The first-order chi connectivity index (χ1) is 14.2. The van der Waals surface area contributed by atoms with Crippen LogP contribution >= 0.6 is 0 Å². The van der Waals surface area contributed by atoms with E-state index in [1.807, 2.05) is 36.4 Å². The Morgan fingerprint density at radius 1 is 1.24 bits per heavy atom. The van der Waals surface area contributed by atoms with Crippen molar-refractivity contribution >= 4 is 16.8 Å². The highest BCUT2D eigenvalue weighted by Gasteiger charge is 2.20. The van der Waals surface area contributed by atoms with Crippen molar-refractivity contribution in [1.82, 2.24) is 15.1 Å². The molecule has 7 heteroatoms. The minimum Gasteiger partial charge on any atom is -0.497 e. The van der Waals surface area contributed by atoms with E-state index in [0.717, 1.165) is 24.2 Å². The average molecular weight is 393 g/mol. The number of hydrogen-bond acceptors (Lipinski definition) is 5. The number of benzene rings is 2. The van der Waals surface area contributed by atoms with Crippen molar-refractivity contribution in [1.29, 1.82) is 0 Å². The highest BCUT2D eigenvalue weighted by atomic mass is 16.5. The number of fused-ring (bicyclic) bond motifs is 1. The minimum atomic E-state index is -0.472. The molecule has 0 bridgehead atoms. The molecule has 2 aromatic carbocycles. The van der Waals surface area contributed by atoms with Crippen LogP contribution in [0.25, 0.3) is 10.9 Å². The van der Waals surface area contributed by atoms with Gasteiger partial charge in [-0.1, -0.05) is 24.3 Å². The molecule has 1 fully saturated rings. The van der Waals surface area contributed by atoms with E-state index in [0.29, 0.717) is 30.6 Å². The van der Waals surface area contributed by atoms with Gasteiger partial charge >= 0.3 is 0 Å². The number of para-hydroxylation sites is 1. The largest absolute Gasteiger partial charge is 0.497 e. The van der Waals surface area contributed by atoms with Crippen molar-refractivity contribution in [3.8, 4) is 5.75 Å². The van der Waals surface area contributed by atoms with Gasteiger partial charge in [-0.2, -0.15) is 5.10 Å². The van der Waals surface area contributed by atoms with Gasteiger partial charge in [-0.05, 0) is 42.7 Å². The minimum absolute atomic E-state index is 0.000862. The topological polar surface area (TPSA) is 82.5 Å². The molecule has 1 aromatic heterocycles. The van der Waals surface area contributed by atoms with Gasteiger partial charge in [-0.25, -0.2) is 0 Å². The molecule has 1 N–H and O–H groups in total. The zero-order chi connectivity index (χ0) is 20.2. The van der Waals surface area contributed by atoms with Gasteiger partial charge in [0.15, 0.2) is 5.69 Å². The standard InChI is InChI=1S/C22H23N3O4/c1-28-16-10-8-15(9-11-16)14-25-19-7-3-2-6-18(19)21(26)20(24-25)22(27)23-13-17-5-4-12-29-17/h2-3,6-11,17H,4-5,12-14H2,1H3,(H,23,27). The van der Waals surface area contributed by atoms with E-state index in [9.17, 15) is 9.59 Å². The lowest BCUT2D eigenvalue weighted by Gasteiger charge is -2.14. The summed E-state index contributed by atoms with van der Waals surface area (Å²) >= 11 is 0. The first-order valence-electron chi connectivity index (χ1n) is 9.68. The molecular formula is C22H23N3O4. The van der Waals surface area contributed by atoms with Gasteiger partial charge in [0.05, 0.1) is 25.3 Å². The molecule has 2 heterocycles. The van der Waals surface area contributed by atoms with E-state index in [2.05, 4.69) is 10.4 Å². The second-order valence-corrected chi connectivity index (χ2v) is 7.05. The van der Waals surface area contributed by atoms with Crippen LogP contribution in [0.1, 0.15) is 28.9 Å². The van der Waals surface area contributed by atoms with E-state index >= 15 is 0 Å². The molecule has 29 heavy (non-hydrogen) atoms. The monoisotopic (exact) mass is 393 g/mol. The van der Waals surface area contributed by atoms with Crippen molar-refractivity contribution in [2.24, 2.45) is 0 Å². The Bertz CT molecular complexity index is 1070. The molecule has 7 nitrogen and oxygen atoms in total. The molecular weight excluding hydrogens is 370 g/mol. The fraction of sp³-hybridized carbons (Fsp3) is 0.318. The van der Waals surface area contributed by atoms with Gasteiger partial charge in [0.2, 0.25) is 5.43 Å². The van der Waals surface area contributed by atoms with E-state index in [1.54, 1.807) is 23.9 Å². The fourth-order valence-corrected chi connectivity index (χ4v) is 3.51. The number of nitrogens with one attached hydrogen (secondary N) is 1. The maximum atomic E-state index is 12.9. The zero-order valence-corrected chi connectivity index (χ0v) is 16.3. The van der Waals surface area contributed by atoms with Crippen LogP contribution in [0.5, 0.6) is 5.75 Å². The van der Waals surface area contributed by atoms with Gasteiger partial charge < -0.3 is 14.8 Å². The normalized spacial score (nSPS) is 16.1. The van der Waals surface area contributed by atoms with Crippen LogP contribution in [-0.2, 0) is 11.3 Å². The van der Waals surface area contributed by atoms with Crippen LogP contribution in [0, 0.1) is 0 Å². The number of rotatable bonds is 6. The van der Waals surface area contributed by atoms with Crippen molar-refractivity contribution in [2.45, 2.75) is 25.5 Å². The zero-order valence-electron chi connectivity index (χ0n) is 16.3. The molecule has 4 rings (SSSR count). The molecule has 1 amide bonds. The van der Waals surface area contributed by atoms with Crippen molar-refractivity contribution < 1.29 is 14.3 Å². The summed E-state index contributed by atoms with van der Waals surface area (Å²) in [6, 6.07) is 14.8. The number of hydrogen-bond donors (Lipinski definition) is 1. The number of aromatic nitrogens is 2. The number of methoxy groups -OCH3 is 1. The highest BCUT2D eigenvalue weighted by Crippen LogP contribution is 2.15. The van der Waals surface area contributed by atoms with Gasteiger partial charge in [0.25, 0.3) is 5.91 Å². The first-order valence-corrected chi connectivity index (χ1v) is 9.68. The third kappa shape index (κ3) is 4.14. The van der Waals surface area contributed by atoms with Crippen molar-refractivity contribution in [2.75, 3.05) is 20.3 Å². The molecule has 0 aliphatic carbocycles. The molecule has 1 aliphatic heterocycles. The average Bonchev–Trinajstić information content (AvgIpc) is 3.28. The number of nitrogens with zero attached hydrogens (tertiary/aromatic N) is 2. The lowest BCUT2D eigenvalue weighted by Crippen LogP contribution is -2.36. The summed E-state index contributed by atoms with van der Waals surface area (Å²) in [7, 11) is 1.62.